The van der Waals surface area contributed by atoms with Crippen molar-refractivity contribution in [3.05, 3.63) is 76.7 Å². The molecule has 1 saturated heterocycles. The van der Waals surface area contributed by atoms with E-state index in [1.54, 1.807) is 15.6 Å². The molecule has 3 heterocycles. The molecule has 0 radical (unpaired) electrons. The Morgan fingerprint density at radius 1 is 0.775 bits per heavy atom. The molecule has 6 rings (SSSR count). The summed E-state index contributed by atoms with van der Waals surface area (Å²) in [7, 11) is 0. The van der Waals surface area contributed by atoms with Crippen LogP contribution in [-0.2, 0) is 0 Å². The highest BCUT2D eigenvalue weighted by Gasteiger charge is 2.34. The van der Waals surface area contributed by atoms with E-state index in [2.05, 4.69) is 39.3 Å². The lowest BCUT2D eigenvalue weighted by molar-refractivity contribution is 0.0733. The molecule has 4 aromatic rings. The van der Waals surface area contributed by atoms with Gasteiger partial charge in [-0.25, -0.2) is 26.9 Å². The molecule has 40 heavy (non-hydrogen) atoms. The maximum absolute atomic E-state index is 14.2. The van der Waals surface area contributed by atoms with Crippen molar-refractivity contribution in [3.63, 3.8) is 0 Å². The van der Waals surface area contributed by atoms with Crippen molar-refractivity contribution >= 4 is 17.6 Å². The van der Waals surface area contributed by atoms with Crippen molar-refractivity contribution in [3.8, 4) is 11.3 Å². The standard InChI is InChI=1S/C28H25F5N6O/c29-21-20(22(30)24(32)25(33)23(21)31)26(40)37-12-14-38(15-13-37)28-35-27-34-11-10-19(39(27)36-28)18-8-6-17(7-9-18)16-4-2-1-3-5-16/h6-11,16H,1-5,12-15H2. The molecule has 1 saturated carbocycles. The molecule has 0 atom stereocenters. The van der Waals surface area contributed by atoms with Crippen molar-refractivity contribution in [2.75, 3.05) is 31.1 Å². The summed E-state index contributed by atoms with van der Waals surface area (Å²) in [4.78, 5) is 24.3. The average Bonchev–Trinajstić information content (AvgIpc) is 3.44. The number of halogens is 5. The number of fused-ring (bicyclic) bond motifs is 1. The van der Waals surface area contributed by atoms with Gasteiger partial charge in [0.1, 0.15) is 5.56 Å². The molecule has 0 bridgehead atoms. The van der Waals surface area contributed by atoms with Crippen LogP contribution in [0.5, 0.6) is 0 Å². The Bertz CT molecular complexity index is 1550. The van der Waals surface area contributed by atoms with Gasteiger partial charge in [0.05, 0.1) is 5.69 Å². The van der Waals surface area contributed by atoms with E-state index < -0.39 is 40.6 Å². The van der Waals surface area contributed by atoms with Crippen molar-refractivity contribution in [2.24, 2.45) is 0 Å². The maximum Gasteiger partial charge on any atom is 0.260 e. The van der Waals surface area contributed by atoms with Crippen LogP contribution in [-0.4, -0.2) is 56.6 Å². The molecule has 2 aromatic carbocycles. The summed E-state index contributed by atoms with van der Waals surface area (Å²) in [5, 5.41) is 4.62. The number of aromatic nitrogens is 4. The third kappa shape index (κ3) is 4.54. The van der Waals surface area contributed by atoms with Crippen LogP contribution in [0.1, 0.15) is 53.9 Å². The topological polar surface area (TPSA) is 66.6 Å². The molecule has 1 aliphatic heterocycles. The second-order valence-electron chi connectivity index (χ2n) is 10.1. The number of piperazine rings is 1. The van der Waals surface area contributed by atoms with Crippen LogP contribution in [0.2, 0.25) is 0 Å². The molecule has 208 valence electrons. The second-order valence-corrected chi connectivity index (χ2v) is 10.1. The van der Waals surface area contributed by atoms with Gasteiger partial charge in [-0.2, -0.15) is 9.50 Å². The first-order chi connectivity index (χ1) is 19.3. The van der Waals surface area contributed by atoms with Crippen LogP contribution in [0.25, 0.3) is 17.0 Å². The largest absolute Gasteiger partial charge is 0.336 e. The second kappa shape index (κ2) is 10.5. The lowest BCUT2D eigenvalue weighted by Crippen LogP contribution is -2.49. The quantitative estimate of drug-likeness (QED) is 0.189. The number of rotatable bonds is 4. The molecule has 2 fully saturated rings. The van der Waals surface area contributed by atoms with Gasteiger partial charge in [0.25, 0.3) is 11.7 Å². The Morgan fingerprint density at radius 3 is 2.05 bits per heavy atom. The van der Waals surface area contributed by atoms with Crippen molar-refractivity contribution < 1.29 is 26.7 Å². The fraction of sp³-hybridized carbons (Fsp3) is 0.357. The third-order valence-electron chi connectivity index (χ3n) is 7.79. The first kappa shape index (κ1) is 26.1. The van der Waals surface area contributed by atoms with Gasteiger partial charge in [0.2, 0.25) is 11.8 Å². The smallest absolute Gasteiger partial charge is 0.260 e. The zero-order valence-electron chi connectivity index (χ0n) is 21.4. The van der Waals surface area contributed by atoms with Gasteiger partial charge in [0, 0.05) is 37.9 Å². The lowest BCUT2D eigenvalue weighted by atomic mass is 9.84. The normalized spacial score (nSPS) is 16.6. The van der Waals surface area contributed by atoms with Crippen LogP contribution >= 0.6 is 0 Å². The highest BCUT2D eigenvalue weighted by atomic mass is 19.2. The predicted molar refractivity (Wildman–Crippen MR) is 136 cm³/mol. The van der Waals surface area contributed by atoms with Gasteiger partial charge in [-0.05, 0) is 30.4 Å². The number of benzene rings is 2. The molecule has 2 aromatic heterocycles. The molecular formula is C28H25F5N6O. The van der Waals surface area contributed by atoms with E-state index in [1.807, 2.05) is 6.07 Å². The van der Waals surface area contributed by atoms with Gasteiger partial charge in [0.15, 0.2) is 23.3 Å². The average molecular weight is 557 g/mol. The summed E-state index contributed by atoms with van der Waals surface area (Å²) in [6, 6.07) is 10.3. The van der Waals surface area contributed by atoms with Crippen LogP contribution in [0, 0.1) is 29.1 Å². The maximum atomic E-state index is 14.2. The number of amides is 1. The van der Waals surface area contributed by atoms with E-state index in [0.717, 1.165) is 16.2 Å². The minimum Gasteiger partial charge on any atom is -0.336 e. The Hall–Kier alpha value is -4.09. The number of carbonyl (C=O) groups excluding carboxylic acids is 1. The molecule has 0 unspecified atom stereocenters. The zero-order chi connectivity index (χ0) is 28.0. The number of anilines is 1. The van der Waals surface area contributed by atoms with Crippen LogP contribution < -0.4 is 4.90 Å². The van der Waals surface area contributed by atoms with Gasteiger partial charge >= 0.3 is 0 Å². The Kier molecular flexibility index (Phi) is 6.85. The summed E-state index contributed by atoms with van der Waals surface area (Å²) in [5.74, 6) is -10.8. The van der Waals surface area contributed by atoms with E-state index in [1.165, 1.54) is 37.7 Å². The predicted octanol–water partition coefficient (Wildman–Crippen LogP) is 5.50. The number of hydrogen-bond donors (Lipinski definition) is 0. The van der Waals surface area contributed by atoms with E-state index in [9.17, 15) is 26.7 Å². The summed E-state index contributed by atoms with van der Waals surface area (Å²) >= 11 is 0. The molecule has 12 heteroatoms. The van der Waals surface area contributed by atoms with E-state index in [0.29, 0.717) is 17.6 Å². The van der Waals surface area contributed by atoms with Gasteiger partial charge in [-0.15, -0.1) is 5.10 Å². The van der Waals surface area contributed by atoms with Gasteiger partial charge in [-0.1, -0.05) is 43.5 Å². The molecule has 2 aliphatic rings. The highest BCUT2D eigenvalue weighted by molar-refractivity contribution is 5.95. The van der Waals surface area contributed by atoms with Crippen molar-refractivity contribution in [1.29, 1.82) is 0 Å². The van der Waals surface area contributed by atoms with Crippen LogP contribution in [0.4, 0.5) is 27.9 Å². The fourth-order valence-electron chi connectivity index (χ4n) is 5.56. The van der Waals surface area contributed by atoms with E-state index in [4.69, 9.17) is 0 Å². The summed E-state index contributed by atoms with van der Waals surface area (Å²) < 4.78 is 70.5. The van der Waals surface area contributed by atoms with Gasteiger partial charge in [-0.3, -0.25) is 4.79 Å². The monoisotopic (exact) mass is 556 g/mol. The zero-order valence-corrected chi connectivity index (χ0v) is 21.4. The van der Waals surface area contributed by atoms with E-state index >= 15 is 0 Å². The Labute approximate surface area is 226 Å². The Balaban J connectivity index is 1.19. The first-order valence-electron chi connectivity index (χ1n) is 13.2. The number of carbonyl (C=O) groups is 1. The minimum atomic E-state index is -2.30. The summed E-state index contributed by atoms with van der Waals surface area (Å²) in [6.45, 7) is 0.306. The van der Waals surface area contributed by atoms with Gasteiger partial charge < -0.3 is 9.80 Å². The molecule has 1 amide bonds. The first-order valence-corrected chi connectivity index (χ1v) is 13.2. The summed E-state index contributed by atoms with van der Waals surface area (Å²) in [6.07, 6.45) is 7.91. The number of nitrogens with zero attached hydrogens (tertiary/aromatic N) is 6. The minimum absolute atomic E-state index is 0.0310. The summed E-state index contributed by atoms with van der Waals surface area (Å²) in [5.41, 5.74) is 1.64. The fourth-order valence-corrected chi connectivity index (χ4v) is 5.56. The highest BCUT2D eigenvalue weighted by Crippen LogP contribution is 2.33. The molecule has 1 aliphatic carbocycles. The third-order valence-corrected chi connectivity index (χ3v) is 7.79. The SMILES string of the molecule is O=C(c1c(F)c(F)c(F)c(F)c1F)N1CCN(c2nc3nccc(-c4ccc(C5CCCCC5)cc4)n3n2)CC1. The number of hydrogen-bond acceptors (Lipinski definition) is 5. The lowest BCUT2D eigenvalue weighted by Gasteiger charge is -2.34. The molecule has 7 nitrogen and oxygen atoms in total. The Morgan fingerprint density at radius 2 is 1.40 bits per heavy atom. The van der Waals surface area contributed by atoms with E-state index in [-0.39, 0.29) is 26.2 Å². The van der Waals surface area contributed by atoms with Crippen molar-refractivity contribution in [2.45, 2.75) is 38.0 Å². The molecule has 0 spiro atoms. The van der Waals surface area contributed by atoms with Crippen LogP contribution in [0.15, 0.2) is 36.5 Å². The molecular weight excluding hydrogens is 531 g/mol. The van der Waals surface area contributed by atoms with Crippen molar-refractivity contribution in [1.82, 2.24) is 24.5 Å². The van der Waals surface area contributed by atoms with Crippen LogP contribution in [0.3, 0.4) is 0 Å². The molecule has 0 N–H and O–H groups in total.